The van der Waals surface area contributed by atoms with Crippen LogP contribution >= 0.6 is 0 Å². The van der Waals surface area contributed by atoms with Crippen molar-refractivity contribution in [3.8, 4) is 0 Å². The van der Waals surface area contributed by atoms with Gasteiger partial charge in [0.15, 0.2) is 0 Å². The van der Waals surface area contributed by atoms with Crippen LogP contribution in [0.5, 0.6) is 0 Å². The third-order valence-electron chi connectivity index (χ3n) is 3.77. The summed E-state index contributed by atoms with van der Waals surface area (Å²) in [6.07, 6.45) is 7.28. The van der Waals surface area contributed by atoms with Gasteiger partial charge >= 0.3 is 5.97 Å². The van der Waals surface area contributed by atoms with E-state index in [1.807, 2.05) is 6.20 Å². The normalized spacial score (nSPS) is 18.2. The summed E-state index contributed by atoms with van der Waals surface area (Å²) < 4.78 is 1.77. The molecule has 2 aromatic rings. The SMILES string of the molecule is O=C(O)C1(Cc2nnc3ncccn23)CCCC1. The molecular weight excluding hydrogens is 232 g/mol. The number of carboxylic acid groups (broad SMARTS) is 1. The molecule has 18 heavy (non-hydrogen) atoms. The lowest BCUT2D eigenvalue weighted by Gasteiger charge is -2.22. The summed E-state index contributed by atoms with van der Waals surface area (Å²) in [5.41, 5.74) is -0.668. The fraction of sp³-hybridized carbons (Fsp3) is 0.500. The van der Waals surface area contributed by atoms with Crippen LogP contribution in [0.4, 0.5) is 0 Å². The predicted octanol–water partition coefficient (Wildman–Crippen LogP) is 1.31. The molecule has 94 valence electrons. The number of fused-ring (bicyclic) bond motifs is 1. The smallest absolute Gasteiger partial charge is 0.310 e. The van der Waals surface area contributed by atoms with Gasteiger partial charge in [-0.15, -0.1) is 10.2 Å². The van der Waals surface area contributed by atoms with Crippen LogP contribution in [0, 0.1) is 5.41 Å². The monoisotopic (exact) mass is 246 g/mol. The Morgan fingerprint density at radius 3 is 2.89 bits per heavy atom. The lowest BCUT2D eigenvalue weighted by molar-refractivity contribution is -0.148. The Balaban J connectivity index is 1.98. The summed E-state index contributed by atoms with van der Waals surface area (Å²) in [7, 11) is 0. The van der Waals surface area contributed by atoms with Gasteiger partial charge in [0.2, 0.25) is 0 Å². The second-order valence-corrected chi connectivity index (χ2v) is 4.88. The van der Waals surface area contributed by atoms with Gasteiger partial charge in [-0.2, -0.15) is 0 Å². The first kappa shape index (κ1) is 11.1. The first-order chi connectivity index (χ1) is 8.71. The molecule has 0 amide bonds. The van der Waals surface area contributed by atoms with Crippen LogP contribution in [0.2, 0.25) is 0 Å². The Labute approximate surface area is 104 Å². The summed E-state index contributed by atoms with van der Waals surface area (Å²) in [5, 5.41) is 17.5. The van der Waals surface area contributed by atoms with E-state index in [9.17, 15) is 9.90 Å². The van der Waals surface area contributed by atoms with Crippen molar-refractivity contribution in [2.45, 2.75) is 32.1 Å². The van der Waals surface area contributed by atoms with E-state index in [1.54, 1.807) is 16.7 Å². The van der Waals surface area contributed by atoms with E-state index in [-0.39, 0.29) is 0 Å². The highest BCUT2D eigenvalue weighted by Gasteiger charge is 2.42. The Morgan fingerprint density at radius 2 is 2.17 bits per heavy atom. The minimum atomic E-state index is -0.722. The van der Waals surface area contributed by atoms with Gasteiger partial charge in [-0.3, -0.25) is 9.20 Å². The van der Waals surface area contributed by atoms with Crippen molar-refractivity contribution in [3.63, 3.8) is 0 Å². The number of nitrogens with zero attached hydrogens (tertiary/aromatic N) is 4. The zero-order chi connectivity index (χ0) is 12.6. The van der Waals surface area contributed by atoms with Gasteiger partial charge in [-0.25, -0.2) is 4.98 Å². The summed E-state index contributed by atoms with van der Waals surface area (Å²) in [5.74, 6) is 0.481. The van der Waals surface area contributed by atoms with Crippen LogP contribution in [-0.2, 0) is 11.2 Å². The molecule has 0 bridgehead atoms. The van der Waals surface area contributed by atoms with Crippen LogP contribution in [0.25, 0.3) is 5.78 Å². The maximum atomic E-state index is 11.5. The Hall–Kier alpha value is -1.98. The van der Waals surface area contributed by atoms with Gasteiger partial charge in [0.05, 0.1) is 5.41 Å². The van der Waals surface area contributed by atoms with E-state index < -0.39 is 11.4 Å². The Bertz CT molecular complexity index is 587. The number of aliphatic carboxylic acids is 1. The number of hydrogen-bond acceptors (Lipinski definition) is 4. The van der Waals surface area contributed by atoms with Crippen LogP contribution in [-0.4, -0.2) is 30.7 Å². The van der Waals surface area contributed by atoms with Crippen molar-refractivity contribution >= 4 is 11.7 Å². The molecular formula is C12H14N4O2. The maximum Gasteiger partial charge on any atom is 0.310 e. The van der Waals surface area contributed by atoms with Crippen molar-refractivity contribution in [1.82, 2.24) is 19.6 Å². The van der Waals surface area contributed by atoms with Gasteiger partial charge in [0.25, 0.3) is 5.78 Å². The Kier molecular flexibility index (Phi) is 2.50. The molecule has 1 fully saturated rings. The summed E-state index contributed by atoms with van der Waals surface area (Å²) in [4.78, 5) is 15.6. The van der Waals surface area contributed by atoms with Gasteiger partial charge in [0, 0.05) is 18.8 Å². The average Bonchev–Trinajstić information content (AvgIpc) is 2.99. The molecule has 0 saturated heterocycles. The molecule has 0 aromatic carbocycles. The van der Waals surface area contributed by atoms with Crippen molar-refractivity contribution in [3.05, 3.63) is 24.3 Å². The molecule has 2 aromatic heterocycles. The van der Waals surface area contributed by atoms with E-state index in [1.165, 1.54) is 0 Å². The lowest BCUT2D eigenvalue weighted by atomic mass is 9.82. The molecule has 1 saturated carbocycles. The molecule has 6 nitrogen and oxygen atoms in total. The summed E-state index contributed by atoms with van der Waals surface area (Å²) in [6, 6.07) is 1.79. The Morgan fingerprint density at radius 1 is 1.39 bits per heavy atom. The van der Waals surface area contributed by atoms with Crippen molar-refractivity contribution in [1.29, 1.82) is 0 Å². The van der Waals surface area contributed by atoms with E-state index in [0.29, 0.717) is 18.0 Å². The van der Waals surface area contributed by atoms with Crippen LogP contribution in [0.1, 0.15) is 31.5 Å². The standard InChI is InChI=1S/C12H14N4O2/c17-10(18)12(4-1-2-5-12)8-9-14-15-11-13-6-3-7-16(9)11/h3,6-7H,1-2,4-5,8H2,(H,17,18). The number of rotatable bonds is 3. The first-order valence-corrected chi connectivity index (χ1v) is 6.09. The van der Waals surface area contributed by atoms with Crippen molar-refractivity contribution in [2.24, 2.45) is 5.41 Å². The summed E-state index contributed by atoms with van der Waals surface area (Å²) in [6.45, 7) is 0. The van der Waals surface area contributed by atoms with E-state index in [0.717, 1.165) is 25.7 Å². The highest BCUT2D eigenvalue weighted by atomic mass is 16.4. The molecule has 0 spiro atoms. The zero-order valence-corrected chi connectivity index (χ0v) is 9.91. The number of hydrogen-bond donors (Lipinski definition) is 1. The highest BCUT2D eigenvalue weighted by molar-refractivity contribution is 5.75. The molecule has 0 radical (unpaired) electrons. The molecule has 1 N–H and O–H groups in total. The molecule has 1 aliphatic rings. The summed E-state index contributed by atoms with van der Waals surface area (Å²) >= 11 is 0. The van der Waals surface area contributed by atoms with Crippen molar-refractivity contribution < 1.29 is 9.90 Å². The zero-order valence-electron chi connectivity index (χ0n) is 9.91. The second-order valence-electron chi connectivity index (χ2n) is 4.88. The fourth-order valence-corrected chi connectivity index (χ4v) is 2.73. The molecule has 0 atom stereocenters. The van der Waals surface area contributed by atoms with Crippen molar-refractivity contribution in [2.75, 3.05) is 0 Å². The fourth-order valence-electron chi connectivity index (χ4n) is 2.73. The third kappa shape index (κ3) is 1.64. The average molecular weight is 246 g/mol. The molecule has 3 rings (SSSR count). The van der Waals surface area contributed by atoms with Crippen LogP contribution in [0.3, 0.4) is 0 Å². The number of aromatic nitrogens is 4. The van der Waals surface area contributed by atoms with E-state index >= 15 is 0 Å². The first-order valence-electron chi connectivity index (χ1n) is 6.09. The third-order valence-corrected chi connectivity index (χ3v) is 3.77. The quantitative estimate of drug-likeness (QED) is 0.883. The molecule has 0 aliphatic heterocycles. The minimum absolute atomic E-state index is 0.426. The lowest BCUT2D eigenvalue weighted by Crippen LogP contribution is -2.31. The molecule has 6 heteroatoms. The maximum absolute atomic E-state index is 11.5. The number of carbonyl (C=O) groups is 1. The van der Waals surface area contributed by atoms with Crippen LogP contribution < -0.4 is 0 Å². The largest absolute Gasteiger partial charge is 0.481 e. The minimum Gasteiger partial charge on any atom is -0.481 e. The van der Waals surface area contributed by atoms with Gasteiger partial charge < -0.3 is 5.11 Å². The molecule has 2 heterocycles. The number of carboxylic acids is 1. The van der Waals surface area contributed by atoms with Crippen LogP contribution in [0.15, 0.2) is 18.5 Å². The highest BCUT2D eigenvalue weighted by Crippen LogP contribution is 2.40. The van der Waals surface area contributed by atoms with Gasteiger partial charge in [-0.1, -0.05) is 12.8 Å². The molecule has 1 aliphatic carbocycles. The molecule has 0 unspecified atom stereocenters. The second kappa shape index (κ2) is 4.04. The van der Waals surface area contributed by atoms with E-state index in [2.05, 4.69) is 15.2 Å². The van der Waals surface area contributed by atoms with Gasteiger partial charge in [0.1, 0.15) is 5.82 Å². The van der Waals surface area contributed by atoms with E-state index in [4.69, 9.17) is 0 Å². The predicted molar refractivity (Wildman–Crippen MR) is 63.0 cm³/mol. The van der Waals surface area contributed by atoms with Gasteiger partial charge in [-0.05, 0) is 18.9 Å². The topological polar surface area (TPSA) is 80.4 Å².